The molecule has 0 saturated carbocycles. The van der Waals surface area contributed by atoms with Crippen molar-refractivity contribution >= 4 is 28.2 Å². The van der Waals surface area contributed by atoms with E-state index >= 15 is 0 Å². The lowest BCUT2D eigenvalue weighted by Gasteiger charge is -2.24. The normalized spacial score (nSPS) is 12.3. The summed E-state index contributed by atoms with van der Waals surface area (Å²) in [5.41, 5.74) is 0.216. The van der Waals surface area contributed by atoms with E-state index in [4.69, 9.17) is 9.84 Å². The Kier molecular flexibility index (Phi) is 6.87. The van der Waals surface area contributed by atoms with Crippen LogP contribution >= 0.6 is 11.3 Å². The van der Waals surface area contributed by atoms with Gasteiger partial charge in [-0.15, -0.1) is 11.3 Å². The zero-order valence-electron chi connectivity index (χ0n) is 15.1. The molecule has 2 heterocycles. The van der Waals surface area contributed by atoms with E-state index in [1.807, 2.05) is 6.92 Å². The van der Waals surface area contributed by atoms with E-state index in [1.165, 1.54) is 33.8 Å². The molecule has 9 heteroatoms. The minimum Gasteiger partial charge on any atom is -0.481 e. The molecule has 0 aliphatic heterocycles. The van der Waals surface area contributed by atoms with Crippen LogP contribution in [0.1, 0.15) is 36.3 Å². The van der Waals surface area contributed by atoms with Crippen LogP contribution in [-0.4, -0.2) is 57.6 Å². The first-order valence-corrected chi connectivity index (χ1v) is 9.30. The number of carboxylic acid groups (broad SMARTS) is 1. The molecule has 1 N–H and O–H groups in total. The molecule has 0 radical (unpaired) electrons. The quantitative estimate of drug-likeness (QED) is 0.663. The Hall–Kier alpha value is -2.26. The summed E-state index contributed by atoms with van der Waals surface area (Å²) in [5.74, 6) is -2.24. The average molecular weight is 381 g/mol. The molecule has 2 aromatic heterocycles. The van der Waals surface area contributed by atoms with Crippen LogP contribution in [0.25, 0.3) is 4.96 Å². The fourth-order valence-corrected chi connectivity index (χ4v) is 3.36. The summed E-state index contributed by atoms with van der Waals surface area (Å²) >= 11 is 1.32. The standard InChI is InChI=1S/C17H23N3O5S/c1-4-25-7-5-6-19(9-11(2)16(23)24)14(21)13-8-18-17-20(15(13)22)12(3)10-26-17/h8,10-11H,4-7,9H2,1-3H3,(H,23,24). The highest BCUT2D eigenvalue weighted by molar-refractivity contribution is 7.15. The van der Waals surface area contributed by atoms with E-state index in [-0.39, 0.29) is 12.1 Å². The average Bonchev–Trinajstić information content (AvgIpc) is 2.99. The Labute approximate surface area is 155 Å². The predicted octanol–water partition coefficient (Wildman–Crippen LogP) is 1.65. The summed E-state index contributed by atoms with van der Waals surface area (Å²) in [7, 11) is 0. The largest absolute Gasteiger partial charge is 0.481 e. The third-order valence-corrected chi connectivity index (χ3v) is 4.93. The van der Waals surface area contributed by atoms with Gasteiger partial charge in [0, 0.05) is 43.6 Å². The van der Waals surface area contributed by atoms with Crippen LogP contribution in [-0.2, 0) is 9.53 Å². The number of ether oxygens (including phenoxy) is 1. The van der Waals surface area contributed by atoms with E-state index < -0.39 is 23.4 Å². The van der Waals surface area contributed by atoms with Gasteiger partial charge >= 0.3 is 5.97 Å². The zero-order chi connectivity index (χ0) is 19.3. The fourth-order valence-electron chi connectivity index (χ4n) is 2.53. The maximum absolute atomic E-state index is 12.9. The van der Waals surface area contributed by atoms with Crippen molar-refractivity contribution in [1.29, 1.82) is 0 Å². The number of fused-ring (bicyclic) bond motifs is 1. The highest BCUT2D eigenvalue weighted by atomic mass is 32.1. The SMILES string of the molecule is CCOCCCN(CC(C)C(=O)O)C(=O)c1cnc2scc(C)n2c1=O. The molecule has 142 valence electrons. The summed E-state index contributed by atoms with van der Waals surface area (Å²) in [6.07, 6.45) is 1.83. The van der Waals surface area contributed by atoms with Crippen LogP contribution in [0.15, 0.2) is 16.4 Å². The molecule has 0 aliphatic rings. The molecule has 2 rings (SSSR count). The zero-order valence-corrected chi connectivity index (χ0v) is 15.9. The molecule has 0 aliphatic carbocycles. The Bertz CT molecular complexity index is 845. The van der Waals surface area contributed by atoms with Crippen molar-refractivity contribution in [2.24, 2.45) is 5.92 Å². The van der Waals surface area contributed by atoms with E-state index in [9.17, 15) is 14.4 Å². The summed E-state index contributed by atoms with van der Waals surface area (Å²) in [6.45, 7) is 6.53. The second kappa shape index (κ2) is 8.91. The first-order valence-electron chi connectivity index (χ1n) is 8.42. The molecule has 2 aromatic rings. The highest BCUT2D eigenvalue weighted by Crippen LogP contribution is 2.12. The molecule has 1 atom stereocenters. The third-order valence-electron chi connectivity index (χ3n) is 3.97. The second-order valence-electron chi connectivity index (χ2n) is 6.01. The number of hydrogen-bond acceptors (Lipinski definition) is 6. The number of amides is 1. The van der Waals surface area contributed by atoms with Gasteiger partial charge in [-0.1, -0.05) is 6.92 Å². The van der Waals surface area contributed by atoms with Gasteiger partial charge in [-0.25, -0.2) is 4.98 Å². The van der Waals surface area contributed by atoms with Crippen LogP contribution in [0.2, 0.25) is 0 Å². The summed E-state index contributed by atoms with van der Waals surface area (Å²) < 4.78 is 6.68. The number of carbonyl (C=O) groups is 2. The van der Waals surface area contributed by atoms with Crippen LogP contribution in [0.3, 0.4) is 0 Å². The summed E-state index contributed by atoms with van der Waals surface area (Å²) in [6, 6.07) is 0. The van der Waals surface area contributed by atoms with Crippen molar-refractivity contribution in [3.8, 4) is 0 Å². The molecule has 8 nitrogen and oxygen atoms in total. The molecule has 0 aromatic carbocycles. The van der Waals surface area contributed by atoms with Crippen LogP contribution in [0, 0.1) is 12.8 Å². The molecular formula is C17H23N3O5S. The van der Waals surface area contributed by atoms with Gasteiger partial charge in [0.05, 0.1) is 5.92 Å². The van der Waals surface area contributed by atoms with Crippen molar-refractivity contribution in [2.45, 2.75) is 27.2 Å². The lowest BCUT2D eigenvalue weighted by Crippen LogP contribution is -2.40. The first kappa shape index (κ1) is 20.1. The van der Waals surface area contributed by atoms with Gasteiger partial charge in [0.2, 0.25) is 0 Å². The molecule has 0 saturated heterocycles. The van der Waals surface area contributed by atoms with Gasteiger partial charge in [0.15, 0.2) is 4.96 Å². The van der Waals surface area contributed by atoms with E-state index in [0.29, 0.717) is 36.8 Å². The van der Waals surface area contributed by atoms with Crippen LogP contribution in [0.4, 0.5) is 0 Å². The number of aromatic nitrogens is 2. The Balaban J connectivity index is 2.29. The molecule has 1 unspecified atom stereocenters. The number of aryl methyl sites for hydroxylation is 1. The number of thiazole rings is 1. The number of aliphatic carboxylic acids is 1. The van der Waals surface area contributed by atoms with Gasteiger partial charge in [-0.05, 0) is 20.3 Å². The summed E-state index contributed by atoms with van der Waals surface area (Å²) in [4.78, 5) is 42.9. The maximum atomic E-state index is 12.9. The minimum absolute atomic E-state index is 0.0189. The Morgan fingerprint density at radius 1 is 1.46 bits per heavy atom. The lowest BCUT2D eigenvalue weighted by molar-refractivity contribution is -0.141. The number of hydrogen-bond donors (Lipinski definition) is 1. The fraction of sp³-hybridized carbons (Fsp3) is 0.529. The molecule has 26 heavy (non-hydrogen) atoms. The van der Waals surface area contributed by atoms with Crippen molar-refractivity contribution in [2.75, 3.05) is 26.3 Å². The number of carboxylic acids is 1. The second-order valence-corrected chi connectivity index (χ2v) is 6.85. The number of nitrogens with zero attached hydrogens (tertiary/aromatic N) is 3. The third kappa shape index (κ3) is 4.47. The molecular weight excluding hydrogens is 358 g/mol. The van der Waals surface area contributed by atoms with E-state index in [0.717, 1.165) is 0 Å². The van der Waals surface area contributed by atoms with Crippen molar-refractivity contribution < 1.29 is 19.4 Å². The van der Waals surface area contributed by atoms with Crippen molar-refractivity contribution in [3.63, 3.8) is 0 Å². The van der Waals surface area contributed by atoms with Crippen LogP contribution in [0.5, 0.6) is 0 Å². The Morgan fingerprint density at radius 2 is 2.19 bits per heavy atom. The highest BCUT2D eigenvalue weighted by Gasteiger charge is 2.24. The van der Waals surface area contributed by atoms with Crippen molar-refractivity contribution in [3.05, 3.63) is 33.2 Å². The summed E-state index contributed by atoms with van der Waals surface area (Å²) in [5, 5.41) is 11.0. The van der Waals surface area contributed by atoms with Crippen LogP contribution < -0.4 is 5.56 Å². The smallest absolute Gasteiger partial charge is 0.308 e. The lowest BCUT2D eigenvalue weighted by atomic mass is 10.1. The first-order chi connectivity index (χ1) is 12.4. The molecule has 0 fully saturated rings. The van der Waals surface area contributed by atoms with E-state index in [1.54, 1.807) is 12.3 Å². The van der Waals surface area contributed by atoms with Crippen molar-refractivity contribution in [1.82, 2.24) is 14.3 Å². The predicted molar refractivity (Wildman–Crippen MR) is 97.9 cm³/mol. The van der Waals surface area contributed by atoms with Gasteiger partial charge < -0.3 is 14.7 Å². The van der Waals surface area contributed by atoms with E-state index in [2.05, 4.69) is 4.98 Å². The number of rotatable bonds is 9. The molecule has 0 spiro atoms. The minimum atomic E-state index is -0.994. The molecule has 1 amide bonds. The van der Waals surface area contributed by atoms with Gasteiger partial charge in [0.1, 0.15) is 5.56 Å². The Morgan fingerprint density at radius 3 is 2.85 bits per heavy atom. The molecule has 0 bridgehead atoms. The van der Waals surface area contributed by atoms with Gasteiger partial charge in [-0.2, -0.15) is 0 Å². The topological polar surface area (TPSA) is 101 Å². The number of carbonyl (C=O) groups excluding carboxylic acids is 1. The monoisotopic (exact) mass is 381 g/mol. The van der Waals surface area contributed by atoms with Gasteiger partial charge in [0.25, 0.3) is 11.5 Å². The maximum Gasteiger partial charge on any atom is 0.308 e. The van der Waals surface area contributed by atoms with Gasteiger partial charge in [-0.3, -0.25) is 18.8 Å².